The number of nitrogens with one attached hydrogen (secondary N) is 1. The first-order valence-electron chi connectivity index (χ1n) is 4.75. The van der Waals surface area contributed by atoms with Gasteiger partial charge in [-0.3, -0.25) is 0 Å². The number of anilines is 1. The van der Waals surface area contributed by atoms with Crippen LogP contribution < -0.4 is 5.32 Å². The topological polar surface area (TPSA) is 46.2 Å². The lowest BCUT2D eigenvalue weighted by Gasteiger charge is -2.08. The molecule has 0 aliphatic rings. The van der Waals surface area contributed by atoms with Gasteiger partial charge in [0.1, 0.15) is 15.7 Å². The van der Waals surface area contributed by atoms with Crippen molar-refractivity contribution in [2.24, 2.45) is 0 Å². The second-order valence-electron chi connectivity index (χ2n) is 3.53. The van der Waals surface area contributed by atoms with Crippen LogP contribution in [0.25, 0.3) is 0 Å². The molecule has 1 N–H and O–H groups in total. The monoisotopic (exact) mass is 309 g/mol. The molecule has 0 heterocycles. The van der Waals surface area contributed by atoms with Crippen LogP contribution >= 0.6 is 15.9 Å². The smallest absolute Gasteiger partial charge is 0.147 e. The molecule has 0 radical (unpaired) electrons. The van der Waals surface area contributed by atoms with Crippen molar-refractivity contribution in [2.45, 2.75) is 6.42 Å². The molecule has 0 saturated carbocycles. The van der Waals surface area contributed by atoms with E-state index in [4.69, 9.17) is 0 Å². The molecule has 0 aromatic heterocycles. The molecular formula is C10H13BrFNO2S. The zero-order valence-corrected chi connectivity index (χ0v) is 11.2. The quantitative estimate of drug-likeness (QED) is 0.850. The maximum Gasteiger partial charge on any atom is 0.147 e. The van der Waals surface area contributed by atoms with Crippen LogP contribution in [0.1, 0.15) is 6.42 Å². The molecule has 0 aliphatic heterocycles. The van der Waals surface area contributed by atoms with Crippen molar-refractivity contribution in [3.8, 4) is 0 Å². The van der Waals surface area contributed by atoms with E-state index >= 15 is 0 Å². The van der Waals surface area contributed by atoms with Crippen molar-refractivity contribution in [3.05, 3.63) is 28.5 Å². The van der Waals surface area contributed by atoms with Gasteiger partial charge in [-0.15, -0.1) is 0 Å². The average Bonchev–Trinajstić information content (AvgIpc) is 2.16. The standard InChI is InChI=1S/C10H13BrFNO2S/c1-16(14,15)6-2-5-13-10-7-8(12)3-4-9(10)11/h3-4,7,13H,2,5-6H2,1H3. The van der Waals surface area contributed by atoms with Crippen molar-refractivity contribution in [1.82, 2.24) is 0 Å². The fourth-order valence-electron chi connectivity index (χ4n) is 1.19. The van der Waals surface area contributed by atoms with Gasteiger partial charge in [0, 0.05) is 17.3 Å². The summed E-state index contributed by atoms with van der Waals surface area (Å²) in [7, 11) is -2.92. The van der Waals surface area contributed by atoms with E-state index in [-0.39, 0.29) is 11.6 Å². The second-order valence-corrected chi connectivity index (χ2v) is 6.65. The minimum atomic E-state index is -2.92. The molecule has 0 amide bonds. The third-order valence-corrected chi connectivity index (χ3v) is 3.66. The van der Waals surface area contributed by atoms with E-state index in [0.717, 1.165) is 4.47 Å². The molecule has 0 atom stereocenters. The number of hydrogen-bond donors (Lipinski definition) is 1. The highest BCUT2D eigenvalue weighted by Gasteiger charge is 2.03. The van der Waals surface area contributed by atoms with E-state index < -0.39 is 9.84 Å². The van der Waals surface area contributed by atoms with Crippen molar-refractivity contribution in [3.63, 3.8) is 0 Å². The molecule has 1 aromatic carbocycles. The molecule has 0 bridgehead atoms. The summed E-state index contributed by atoms with van der Waals surface area (Å²) in [5.74, 6) is -0.193. The lowest BCUT2D eigenvalue weighted by molar-refractivity contribution is 0.599. The van der Waals surface area contributed by atoms with Gasteiger partial charge >= 0.3 is 0 Å². The highest BCUT2D eigenvalue weighted by molar-refractivity contribution is 9.10. The zero-order valence-electron chi connectivity index (χ0n) is 8.83. The van der Waals surface area contributed by atoms with Crippen LogP contribution in [0.3, 0.4) is 0 Å². The van der Waals surface area contributed by atoms with Gasteiger partial charge in [0.15, 0.2) is 0 Å². The molecule has 1 rings (SSSR count). The van der Waals surface area contributed by atoms with E-state index in [1.807, 2.05) is 0 Å². The maximum absolute atomic E-state index is 12.9. The molecule has 3 nitrogen and oxygen atoms in total. The van der Waals surface area contributed by atoms with Crippen LogP contribution in [-0.4, -0.2) is 27.0 Å². The van der Waals surface area contributed by atoms with Crippen molar-refractivity contribution >= 4 is 31.5 Å². The number of benzene rings is 1. The van der Waals surface area contributed by atoms with Crippen molar-refractivity contribution < 1.29 is 12.8 Å². The molecule has 0 aliphatic carbocycles. The number of rotatable bonds is 5. The predicted octanol–water partition coefficient (Wildman–Crippen LogP) is 2.43. The highest BCUT2D eigenvalue weighted by Crippen LogP contribution is 2.22. The summed E-state index contributed by atoms with van der Waals surface area (Å²) in [4.78, 5) is 0. The Kier molecular flexibility index (Phi) is 4.73. The minimum Gasteiger partial charge on any atom is -0.384 e. The molecule has 16 heavy (non-hydrogen) atoms. The van der Waals surface area contributed by atoms with Crippen molar-refractivity contribution in [1.29, 1.82) is 0 Å². The normalized spacial score (nSPS) is 11.4. The van der Waals surface area contributed by atoms with Gasteiger partial charge in [-0.2, -0.15) is 0 Å². The Morgan fingerprint density at radius 2 is 2.12 bits per heavy atom. The third kappa shape index (κ3) is 4.94. The SMILES string of the molecule is CS(=O)(=O)CCCNc1cc(F)ccc1Br. The Bertz CT molecular complexity index is 462. The minimum absolute atomic E-state index is 0.132. The molecule has 0 unspecified atom stereocenters. The average molecular weight is 310 g/mol. The summed E-state index contributed by atoms with van der Waals surface area (Å²) in [6.45, 7) is 0.495. The predicted molar refractivity (Wildman–Crippen MR) is 66.9 cm³/mol. The molecular weight excluding hydrogens is 297 g/mol. The lowest BCUT2D eigenvalue weighted by Crippen LogP contribution is -2.10. The summed E-state index contributed by atoms with van der Waals surface area (Å²) in [5, 5.41) is 2.98. The van der Waals surface area contributed by atoms with Gasteiger partial charge in [-0.1, -0.05) is 0 Å². The molecule has 90 valence electrons. The summed E-state index contributed by atoms with van der Waals surface area (Å²) in [6.07, 6.45) is 1.70. The first-order chi connectivity index (χ1) is 7.38. The largest absolute Gasteiger partial charge is 0.384 e. The van der Waals surface area contributed by atoms with E-state index in [2.05, 4.69) is 21.2 Å². The van der Waals surface area contributed by atoms with Crippen LogP contribution in [0.5, 0.6) is 0 Å². The second kappa shape index (κ2) is 5.63. The number of hydrogen-bond acceptors (Lipinski definition) is 3. The lowest BCUT2D eigenvalue weighted by atomic mass is 10.3. The first-order valence-corrected chi connectivity index (χ1v) is 7.60. The Balaban J connectivity index is 2.46. The zero-order chi connectivity index (χ0) is 12.2. The van der Waals surface area contributed by atoms with Gasteiger partial charge in [-0.05, 0) is 40.5 Å². The highest BCUT2D eigenvalue weighted by atomic mass is 79.9. The maximum atomic E-state index is 12.9. The summed E-state index contributed by atoms with van der Waals surface area (Å²) in [5.41, 5.74) is 0.633. The van der Waals surface area contributed by atoms with Crippen LogP contribution in [0, 0.1) is 5.82 Å². The van der Waals surface area contributed by atoms with Gasteiger partial charge < -0.3 is 5.32 Å². The van der Waals surface area contributed by atoms with E-state index in [9.17, 15) is 12.8 Å². The third-order valence-electron chi connectivity index (χ3n) is 1.94. The van der Waals surface area contributed by atoms with E-state index in [1.54, 1.807) is 6.07 Å². The molecule has 1 aromatic rings. The molecule has 0 spiro atoms. The fraction of sp³-hybridized carbons (Fsp3) is 0.400. The Morgan fingerprint density at radius 3 is 2.75 bits per heavy atom. The fourth-order valence-corrected chi connectivity index (χ4v) is 2.25. The summed E-state index contributed by atoms with van der Waals surface area (Å²) in [6, 6.07) is 4.32. The van der Waals surface area contributed by atoms with Gasteiger partial charge in [0.05, 0.1) is 11.4 Å². The summed E-state index contributed by atoms with van der Waals surface area (Å²) >= 11 is 3.27. The Hall–Kier alpha value is -0.620. The van der Waals surface area contributed by atoms with E-state index in [1.165, 1.54) is 18.4 Å². The van der Waals surface area contributed by atoms with Crippen LogP contribution in [0.15, 0.2) is 22.7 Å². The number of halogens is 2. The summed E-state index contributed by atoms with van der Waals surface area (Å²) < 4.78 is 35.4. The van der Waals surface area contributed by atoms with Gasteiger partial charge in [-0.25, -0.2) is 12.8 Å². The van der Waals surface area contributed by atoms with Gasteiger partial charge in [0.2, 0.25) is 0 Å². The van der Waals surface area contributed by atoms with Gasteiger partial charge in [0.25, 0.3) is 0 Å². The molecule has 6 heteroatoms. The van der Waals surface area contributed by atoms with Crippen LogP contribution in [0.2, 0.25) is 0 Å². The Morgan fingerprint density at radius 1 is 1.44 bits per heavy atom. The molecule has 0 saturated heterocycles. The van der Waals surface area contributed by atoms with Crippen LogP contribution in [0.4, 0.5) is 10.1 Å². The van der Waals surface area contributed by atoms with Crippen molar-refractivity contribution in [2.75, 3.05) is 23.9 Å². The van der Waals surface area contributed by atoms with E-state index in [0.29, 0.717) is 18.7 Å². The van der Waals surface area contributed by atoms with Crippen LogP contribution in [-0.2, 0) is 9.84 Å². The Labute approximate surface area is 103 Å². The number of sulfone groups is 1. The first kappa shape index (κ1) is 13.4. The molecule has 0 fully saturated rings.